The van der Waals surface area contributed by atoms with Gasteiger partial charge in [-0.05, 0) is 32.9 Å². The fraction of sp³-hybridized carbons (Fsp3) is 0.357. The number of carbonyl (C=O) groups excluding carboxylic acids is 1. The molecule has 22 heavy (non-hydrogen) atoms. The van der Waals surface area contributed by atoms with Crippen molar-refractivity contribution in [2.24, 2.45) is 0 Å². The van der Waals surface area contributed by atoms with E-state index in [4.69, 9.17) is 4.52 Å². The van der Waals surface area contributed by atoms with Crippen LogP contribution in [0.1, 0.15) is 35.6 Å². The smallest absolute Gasteiger partial charge is 0.361 e. The minimum atomic E-state index is -4.56. The fourth-order valence-corrected chi connectivity index (χ4v) is 2.14. The zero-order valence-electron chi connectivity index (χ0n) is 12.2. The molecule has 0 aliphatic rings. The van der Waals surface area contributed by atoms with Crippen molar-refractivity contribution in [3.05, 3.63) is 40.9 Å². The van der Waals surface area contributed by atoms with Crippen LogP contribution < -0.4 is 5.32 Å². The van der Waals surface area contributed by atoms with Crippen LogP contribution in [0.15, 0.2) is 22.7 Å². The number of carbonyl (C=O) groups is 1. The van der Waals surface area contributed by atoms with Gasteiger partial charge in [0.15, 0.2) is 0 Å². The minimum absolute atomic E-state index is 0.154. The molecule has 2 aromatic heterocycles. The Morgan fingerprint density at radius 2 is 2.00 bits per heavy atom. The van der Waals surface area contributed by atoms with E-state index in [1.807, 2.05) is 0 Å². The van der Waals surface area contributed by atoms with Gasteiger partial charge in [-0.2, -0.15) is 13.2 Å². The van der Waals surface area contributed by atoms with Gasteiger partial charge in [-0.3, -0.25) is 4.79 Å². The summed E-state index contributed by atoms with van der Waals surface area (Å²) in [5.41, 5.74) is 0.122. The summed E-state index contributed by atoms with van der Waals surface area (Å²) in [4.78, 5) is 15.6. The number of anilines is 1. The second kappa shape index (κ2) is 5.78. The normalized spacial score (nSPS) is 13.0. The molecule has 2 aromatic rings. The first-order valence-electron chi connectivity index (χ1n) is 6.48. The topological polar surface area (TPSA) is 68.0 Å². The molecular formula is C14H14F3N3O2. The van der Waals surface area contributed by atoms with E-state index < -0.39 is 23.7 Å². The van der Waals surface area contributed by atoms with Crippen LogP contribution in [0.25, 0.3) is 0 Å². The Kier molecular flexibility index (Phi) is 4.20. The Labute approximate surface area is 124 Å². The highest BCUT2D eigenvalue weighted by atomic mass is 19.4. The maximum Gasteiger partial charge on any atom is 0.433 e. The van der Waals surface area contributed by atoms with Crippen LogP contribution in [-0.4, -0.2) is 16.0 Å². The summed E-state index contributed by atoms with van der Waals surface area (Å²) < 4.78 is 42.8. The molecule has 0 aliphatic carbocycles. The van der Waals surface area contributed by atoms with Crippen LogP contribution in [0.3, 0.4) is 0 Å². The fourth-order valence-electron chi connectivity index (χ4n) is 2.14. The predicted molar refractivity (Wildman–Crippen MR) is 72.3 cm³/mol. The molecule has 2 heterocycles. The third-order valence-electron chi connectivity index (χ3n) is 3.21. The third-order valence-corrected chi connectivity index (χ3v) is 3.21. The lowest BCUT2D eigenvalue weighted by Gasteiger charge is -2.13. The molecule has 0 radical (unpaired) electrons. The molecule has 2 rings (SSSR count). The molecule has 0 saturated carbocycles. The van der Waals surface area contributed by atoms with Crippen molar-refractivity contribution in [1.82, 2.24) is 10.1 Å². The summed E-state index contributed by atoms with van der Waals surface area (Å²) >= 11 is 0. The summed E-state index contributed by atoms with van der Waals surface area (Å²) in [6.07, 6.45) is -4.56. The molecule has 0 unspecified atom stereocenters. The summed E-state index contributed by atoms with van der Waals surface area (Å²) in [6.45, 7) is 4.98. The van der Waals surface area contributed by atoms with Crippen molar-refractivity contribution < 1.29 is 22.5 Å². The van der Waals surface area contributed by atoms with Gasteiger partial charge >= 0.3 is 6.18 Å². The van der Waals surface area contributed by atoms with E-state index in [0.29, 0.717) is 17.0 Å². The van der Waals surface area contributed by atoms with Crippen LogP contribution in [0, 0.1) is 13.8 Å². The number of aryl methyl sites for hydroxylation is 2. The molecule has 0 spiro atoms. The van der Waals surface area contributed by atoms with Gasteiger partial charge in [0.1, 0.15) is 17.3 Å². The van der Waals surface area contributed by atoms with Crippen LogP contribution in [0.5, 0.6) is 0 Å². The Morgan fingerprint density at radius 1 is 1.32 bits per heavy atom. The van der Waals surface area contributed by atoms with Gasteiger partial charge in [0.2, 0.25) is 5.91 Å². The third kappa shape index (κ3) is 3.26. The maximum atomic E-state index is 12.6. The standard InChI is InChI=1S/C14H14F3N3O2/c1-7(12-8(2)20-22-9(12)3)13(21)19-11-6-4-5-10(18-11)14(15,16)17/h4-7H,1-3H3,(H,18,19,21)/t7-/m1/s1. The molecule has 0 aromatic carbocycles. The molecule has 1 atom stereocenters. The highest BCUT2D eigenvalue weighted by Crippen LogP contribution is 2.29. The molecule has 1 N–H and O–H groups in total. The van der Waals surface area contributed by atoms with Crippen LogP contribution >= 0.6 is 0 Å². The Hall–Kier alpha value is -2.38. The number of pyridine rings is 1. The molecule has 5 nitrogen and oxygen atoms in total. The SMILES string of the molecule is Cc1noc(C)c1[C@@H](C)C(=O)Nc1cccc(C(F)(F)F)n1. The van der Waals surface area contributed by atoms with Crippen LogP contribution in [0.2, 0.25) is 0 Å². The number of aromatic nitrogens is 2. The minimum Gasteiger partial charge on any atom is -0.361 e. The summed E-state index contributed by atoms with van der Waals surface area (Å²) in [5, 5.41) is 6.13. The number of nitrogens with one attached hydrogen (secondary N) is 1. The molecule has 0 aliphatic heterocycles. The van der Waals surface area contributed by atoms with E-state index in [1.165, 1.54) is 12.1 Å². The quantitative estimate of drug-likeness (QED) is 0.942. The number of halogens is 3. The lowest BCUT2D eigenvalue weighted by atomic mass is 9.99. The second-order valence-electron chi connectivity index (χ2n) is 4.85. The molecule has 118 valence electrons. The average molecular weight is 313 g/mol. The number of hydrogen-bond acceptors (Lipinski definition) is 4. The molecule has 0 saturated heterocycles. The van der Waals surface area contributed by atoms with Gasteiger partial charge in [-0.25, -0.2) is 4.98 Å². The first-order chi connectivity index (χ1) is 10.2. The van der Waals surface area contributed by atoms with Gasteiger partial charge < -0.3 is 9.84 Å². The number of nitrogens with zero attached hydrogens (tertiary/aromatic N) is 2. The maximum absolute atomic E-state index is 12.6. The zero-order chi connectivity index (χ0) is 16.5. The summed E-state index contributed by atoms with van der Waals surface area (Å²) in [7, 11) is 0. The van der Waals surface area contributed by atoms with Crippen molar-refractivity contribution in [3.8, 4) is 0 Å². The monoisotopic (exact) mass is 313 g/mol. The molecule has 0 bridgehead atoms. The second-order valence-corrected chi connectivity index (χ2v) is 4.85. The van der Waals surface area contributed by atoms with E-state index in [-0.39, 0.29) is 5.82 Å². The zero-order valence-corrected chi connectivity index (χ0v) is 12.2. The van der Waals surface area contributed by atoms with Crippen molar-refractivity contribution in [2.75, 3.05) is 5.32 Å². The van der Waals surface area contributed by atoms with Gasteiger partial charge in [0.05, 0.1) is 11.6 Å². The lowest BCUT2D eigenvalue weighted by Crippen LogP contribution is -2.21. The largest absolute Gasteiger partial charge is 0.433 e. The lowest BCUT2D eigenvalue weighted by molar-refractivity contribution is -0.141. The number of hydrogen-bond donors (Lipinski definition) is 1. The van der Waals surface area contributed by atoms with Crippen molar-refractivity contribution in [1.29, 1.82) is 0 Å². The number of rotatable bonds is 3. The molecule has 1 amide bonds. The van der Waals surface area contributed by atoms with Crippen molar-refractivity contribution >= 4 is 11.7 Å². The van der Waals surface area contributed by atoms with Crippen LogP contribution in [-0.2, 0) is 11.0 Å². The van der Waals surface area contributed by atoms with E-state index in [2.05, 4.69) is 15.5 Å². The number of amides is 1. The van der Waals surface area contributed by atoms with Gasteiger partial charge in [0.25, 0.3) is 0 Å². The Morgan fingerprint density at radius 3 is 2.55 bits per heavy atom. The van der Waals surface area contributed by atoms with Crippen molar-refractivity contribution in [3.63, 3.8) is 0 Å². The summed E-state index contributed by atoms with van der Waals surface area (Å²) in [5.74, 6) is -0.764. The predicted octanol–water partition coefficient (Wildman–Crippen LogP) is 3.45. The first-order valence-corrected chi connectivity index (χ1v) is 6.48. The van der Waals surface area contributed by atoms with E-state index in [1.54, 1.807) is 20.8 Å². The average Bonchev–Trinajstić information content (AvgIpc) is 2.76. The van der Waals surface area contributed by atoms with Gasteiger partial charge in [0, 0.05) is 5.56 Å². The van der Waals surface area contributed by atoms with E-state index in [0.717, 1.165) is 6.07 Å². The van der Waals surface area contributed by atoms with E-state index >= 15 is 0 Å². The Balaban J connectivity index is 2.19. The van der Waals surface area contributed by atoms with Gasteiger partial charge in [-0.1, -0.05) is 11.2 Å². The van der Waals surface area contributed by atoms with Crippen LogP contribution in [0.4, 0.5) is 19.0 Å². The molecule has 8 heteroatoms. The van der Waals surface area contributed by atoms with Crippen molar-refractivity contribution in [2.45, 2.75) is 32.9 Å². The highest BCUT2D eigenvalue weighted by Gasteiger charge is 2.32. The Bertz CT molecular complexity index is 675. The molecular weight excluding hydrogens is 299 g/mol. The first kappa shape index (κ1) is 16.0. The summed E-state index contributed by atoms with van der Waals surface area (Å²) in [6, 6.07) is 3.33. The highest BCUT2D eigenvalue weighted by molar-refractivity contribution is 5.95. The number of alkyl halides is 3. The van der Waals surface area contributed by atoms with Gasteiger partial charge in [-0.15, -0.1) is 0 Å². The van der Waals surface area contributed by atoms with E-state index in [9.17, 15) is 18.0 Å². The molecule has 0 fully saturated rings.